The summed E-state index contributed by atoms with van der Waals surface area (Å²) < 4.78 is 27.0. The lowest BCUT2D eigenvalue weighted by molar-refractivity contribution is 0.102. The summed E-state index contributed by atoms with van der Waals surface area (Å²) in [5.41, 5.74) is 0.464. The fourth-order valence-corrected chi connectivity index (χ4v) is 1.88. The Morgan fingerprint density at radius 3 is 2.58 bits per heavy atom. The minimum atomic E-state index is -0.785. The highest BCUT2D eigenvalue weighted by atomic mass is 35.5. The SMILES string of the molecule is Cc1ccc(F)c(NC(=O)c2c(F)cccc2Cl)c1. The number of aryl methyl sites for hydroxylation is 1. The maximum Gasteiger partial charge on any atom is 0.260 e. The fraction of sp³-hybridized carbons (Fsp3) is 0.0714. The number of carbonyl (C=O) groups is 1. The molecule has 0 aliphatic heterocycles. The van der Waals surface area contributed by atoms with Crippen LogP contribution in [0.2, 0.25) is 5.02 Å². The van der Waals surface area contributed by atoms with E-state index in [-0.39, 0.29) is 16.3 Å². The van der Waals surface area contributed by atoms with E-state index in [2.05, 4.69) is 5.32 Å². The second-order valence-corrected chi connectivity index (χ2v) is 4.44. The molecular formula is C14H10ClF2NO. The first-order chi connectivity index (χ1) is 8.99. The summed E-state index contributed by atoms with van der Waals surface area (Å²) in [6, 6.07) is 8.16. The molecule has 2 nitrogen and oxygen atoms in total. The molecule has 0 saturated carbocycles. The van der Waals surface area contributed by atoms with E-state index < -0.39 is 17.5 Å². The molecule has 2 rings (SSSR count). The van der Waals surface area contributed by atoms with E-state index >= 15 is 0 Å². The third kappa shape index (κ3) is 2.90. The Hall–Kier alpha value is -1.94. The molecular weight excluding hydrogens is 272 g/mol. The normalized spacial score (nSPS) is 10.3. The number of halogens is 3. The summed E-state index contributed by atoms with van der Waals surface area (Å²) in [6.45, 7) is 1.76. The van der Waals surface area contributed by atoms with Crippen molar-refractivity contribution in [3.8, 4) is 0 Å². The Labute approximate surface area is 114 Å². The highest BCUT2D eigenvalue weighted by molar-refractivity contribution is 6.34. The fourth-order valence-electron chi connectivity index (χ4n) is 1.63. The Morgan fingerprint density at radius 1 is 1.16 bits per heavy atom. The number of hydrogen-bond acceptors (Lipinski definition) is 1. The van der Waals surface area contributed by atoms with Crippen molar-refractivity contribution in [3.63, 3.8) is 0 Å². The minimum absolute atomic E-state index is 0.00989. The van der Waals surface area contributed by atoms with Crippen molar-refractivity contribution in [2.45, 2.75) is 6.92 Å². The maximum absolute atomic E-state index is 13.5. The van der Waals surface area contributed by atoms with E-state index in [0.717, 1.165) is 11.6 Å². The molecule has 0 radical (unpaired) electrons. The van der Waals surface area contributed by atoms with Crippen LogP contribution in [0, 0.1) is 18.6 Å². The van der Waals surface area contributed by atoms with E-state index in [9.17, 15) is 13.6 Å². The Balaban J connectivity index is 2.34. The van der Waals surface area contributed by atoms with Gasteiger partial charge in [-0.3, -0.25) is 4.79 Å². The van der Waals surface area contributed by atoms with Gasteiger partial charge in [0.25, 0.3) is 5.91 Å². The third-order valence-corrected chi connectivity index (χ3v) is 2.87. The van der Waals surface area contributed by atoms with Gasteiger partial charge in [0.05, 0.1) is 16.3 Å². The van der Waals surface area contributed by atoms with Gasteiger partial charge in [0.15, 0.2) is 0 Å². The standard InChI is InChI=1S/C14H10ClF2NO/c1-8-5-6-10(16)12(7-8)18-14(19)13-9(15)3-2-4-11(13)17/h2-7H,1H3,(H,18,19). The van der Waals surface area contributed by atoms with E-state index in [1.807, 2.05) is 0 Å². The molecule has 0 aromatic heterocycles. The number of benzene rings is 2. The zero-order valence-electron chi connectivity index (χ0n) is 10.0. The Morgan fingerprint density at radius 2 is 1.89 bits per heavy atom. The summed E-state index contributed by atoms with van der Waals surface area (Å²) in [5, 5.41) is 2.29. The second kappa shape index (κ2) is 5.36. The van der Waals surface area contributed by atoms with Gasteiger partial charge in [0.2, 0.25) is 0 Å². The number of amides is 1. The van der Waals surface area contributed by atoms with E-state index in [1.165, 1.54) is 24.3 Å². The lowest BCUT2D eigenvalue weighted by atomic mass is 10.1. The monoisotopic (exact) mass is 281 g/mol. The van der Waals surface area contributed by atoms with Crippen LogP contribution in [0.3, 0.4) is 0 Å². The van der Waals surface area contributed by atoms with Crippen molar-refractivity contribution in [1.29, 1.82) is 0 Å². The van der Waals surface area contributed by atoms with Gasteiger partial charge >= 0.3 is 0 Å². The highest BCUT2D eigenvalue weighted by Gasteiger charge is 2.17. The number of carbonyl (C=O) groups excluding carboxylic acids is 1. The Kier molecular flexibility index (Phi) is 3.81. The van der Waals surface area contributed by atoms with Crippen molar-refractivity contribution in [2.24, 2.45) is 0 Å². The summed E-state index contributed by atoms with van der Waals surface area (Å²) in [7, 11) is 0. The average Bonchev–Trinajstić information content (AvgIpc) is 2.33. The quantitative estimate of drug-likeness (QED) is 0.879. The summed E-state index contributed by atoms with van der Waals surface area (Å²) in [6.07, 6.45) is 0. The molecule has 0 heterocycles. The zero-order chi connectivity index (χ0) is 14.0. The number of rotatable bonds is 2. The van der Waals surface area contributed by atoms with Crippen molar-refractivity contribution in [1.82, 2.24) is 0 Å². The zero-order valence-corrected chi connectivity index (χ0v) is 10.8. The molecule has 2 aromatic carbocycles. The molecule has 0 saturated heterocycles. The lowest BCUT2D eigenvalue weighted by Crippen LogP contribution is -2.15. The summed E-state index contributed by atoms with van der Waals surface area (Å²) >= 11 is 5.77. The van der Waals surface area contributed by atoms with Gasteiger partial charge in [0.1, 0.15) is 11.6 Å². The van der Waals surface area contributed by atoms with Crippen molar-refractivity contribution < 1.29 is 13.6 Å². The molecule has 0 bridgehead atoms. The van der Waals surface area contributed by atoms with Crippen LogP contribution >= 0.6 is 11.6 Å². The van der Waals surface area contributed by atoms with Crippen LogP contribution in [-0.2, 0) is 0 Å². The van der Waals surface area contributed by atoms with Gasteiger partial charge in [-0.15, -0.1) is 0 Å². The molecule has 98 valence electrons. The molecule has 0 fully saturated rings. The van der Waals surface area contributed by atoms with Crippen LogP contribution in [0.25, 0.3) is 0 Å². The maximum atomic E-state index is 13.5. The van der Waals surface area contributed by atoms with Crippen LogP contribution in [0.5, 0.6) is 0 Å². The molecule has 0 spiro atoms. The van der Waals surface area contributed by atoms with Gasteiger partial charge in [0, 0.05) is 0 Å². The predicted molar refractivity (Wildman–Crippen MR) is 70.5 cm³/mol. The van der Waals surface area contributed by atoms with Crippen LogP contribution in [-0.4, -0.2) is 5.91 Å². The van der Waals surface area contributed by atoms with Crippen LogP contribution in [0.15, 0.2) is 36.4 Å². The third-order valence-electron chi connectivity index (χ3n) is 2.56. The van der Waals surface area contributed by atoms with Gasteiger partial charge in [-0.2, -0.15) is 0 Å². The number of hydrogen-bond donors (Lipinski definition) is 1. The van der Waals surface area contributed by atoms with Gasteiger partial charge < -0.3 is 5.32 Å². The van der Waals surface area contributed by atoms with Crippen LogP contribution in [0.1, 0.15) is 15.9 Å². The minimum Gasteiger partial charge on any atom is -0.319 e. The highest BCUT2D eigenvalue weighted by Crippen LogP contribution is 2.22. The molecule has 1 amide bonds. The van der Waals surface area contributed by atoms with Crippen LogP contribution in [0.4, 0.5) is 14.5 Å². The Bertz CT molecular complexity index is 623. The van der Waals surface area contributed by atoms with E-state index in [1.54, 1.807) is 13.0 Å². The van der Waals surface area contributed by atoms with Gasteiger partial charge in [-0.25, -0.2) is 8.78 Å². The van der Waals surface area contributed by atoms with Crippen LogP contribution < -0.4 is 5.32 Å². The van der Waals surface area contributed by atoms with Crippen molar-refractivity contribution in [2.75, 3.05) is 5.32 Å². The largest absolute Gasteiger partial charge is 0.319 e. The lowest BCUT2D eigenvalue weighted by Gasteiger charge is -2.09. The summed E-state index contributed by atoms with van der Waals surface area (Å²) in [5.74, 6) is -2.13. The topological polar surface area (TPSA) is 29.1 Å². The molecule has 0 atom stereocenters. The van der Waals surface area contributed by atoms with E-state index in [0.29, 0.717) is 0 Å². The number of nitrogens with one attached hydrogen (secondary N) is 1. The van der Waals surface area contributed by atoms with Crippen molar-refractivity contribution >= 4 is 23.2 Å². The van der Waals surface area contributed by atoms with Gasteiger partial charge in [-0.1, -0.05) is 23.7 Å². The molecule has 0 unspecified atom stereocenters. The second-order valence-electron chi connectivity index (χ2n) is 4.03. The number of anilines is 1. The van der Waals surface area contributed by atoms with Crippen molar-refractivity contribution in [3.05, 3.63) is 64.2 Å². The summed E-state index contributed by atoms with van der Waals surface area (Å²) in [4.78, 5) is 11.9. The first-order valence-electron chi connectivity index (χ1n) is 5.50. The predicted octanol–water partition coefficient (Wildman–Crippen LogP) is 4.18. The van der Waals surface area contributed by atoms with E-state index in [4.69, 9.17) is 11.6 Å². The molecule has 19 heavy (non-hydrogen) atoms. The smallest absolute Gasteiger partial charge is 0.260 e. The molecule has 2 aromatic rings. The molecule has 0 aliphatic carbocycles. The molecule has 0 aliphatic rings. The molecule has 1 N–H and O–H groups in total. The first kappa shape index (κ1) is 13.5. The average molecular weight is 282 g/mol. The molecule has 5 heteroatoms. The first-order valence-corrected chi connectivity index (χ1v) is 5.88. The van der Waals surface area contributed by atoms with Gasteiger partial charge in [-0.05, 0) is 36.8 Å².